The average Bonchev–Trinajstić information content (AvgIpc) is 2.37. The number of hydrogen-bond acceptors (Lipinski definition) is 5. The molecule has 0 aromatic heterocycles. The second kappa shape index (κ2) is 7.73. The zero-order valence-corrected chi connectivity index (χ0v) is 10.9. The van der Waals surface area contributed by atoms with Crippen molar-refractivity contribution in [3.05, 3.63) is 0 Å². The number of alkyl carbamates (subject to hydrolysis) is 1. The van der Waals surface area contributed by atoms with Gasteiger partial charge in [0.2, 0.25) is 0 Å². The van der Waals surface area contributed by atoms with E-state index < -0.39 is 18.0 Å². The summed E-state index contributed by atoms with van der Waals surface area (Å²) in [6.07, 6.45) is 1.43. The normalized spacial score (nSPS) is 22.6. The molecule has 1 aliphatic rings. The minimum Gasteiger partial charge on any atom is -0.481 e. The van der Waals surface area contributed by atoms with E-state index in [1.54, 1.807) is 6.92 Å². The van der Waals surface area contributed by atoms with Gasteiger partial charge in [-0.3, -0.25) is 14.9 Å². The molecule has 7 nitrogen and oxygen atoms in total. The molecule has 2 amide bonds. The van der Waals surface area contributed by atoms with Gasteiger partial charge in [0, 0.05) is 0 Å². The summed E-state index contributed by atoms with van der Waals surface area (Å²) in [4.78, 5) is 33.0. The Bertz CT molecular complexity index is 335. The molecule has 108 valence electrons. The highest BCUT2D eigenvalue weighted by Crippen LogP contribution is 2.26. The fraction of sp³-hybridized carbons (Fsp3) is 0.750. The molecule has 1 aliphatic carbocycles. The van der Waals surface area contributed by atoms with Gasteiger partial charge >= 0.3 is 12.1 Å². The van der Waals surface area contributed by atoms with Crippen LogP contribution in [0.3, 0.4) is 0 Å². The highest BCUT2D eigenvalue weighted by molar-refractivity contribution is 5.92. The number of hydrogen-bond donors (Lipinski definition) is 2. The van der Waals surface area contributed by atoms with E-state index >= 15 is 0 Å². The van der Waals surface area contributed by atoms with Gasteiger partial charge in [0.25, 0.3) is 5.91 Å². The molecule has 0 unspecified atom stereocenters. The van der Waals surface area contributed by atoms with E-state index in [1.807, 2.05) is 5.32 Å². The van der Waals surface area contributed by atoms with Gasteiger partial charge in [-0.2, -0.15) is 0 Å². The Hall–Kier alpha value is -1.63. The SMILES string of the molecule is CCOC(=O)NC(=O)COC1CCC(C(=O)O)CC1. The number of nitrogens with one attached hydrogen (secondary N) is 1. The smallest absolute Gasteiger partial charge is 0.413 e. The van der Waals surface area contributed by atoms with Crippen molar-refractivity contribution in [3.63, 3.8) is 0 Å². The molecule has 0 aliphatic heterocycles. The first kappa shape index (κ1) is 15.4. The second-order valence-corrected chi connectivity index (χ2v) is 4.39. The highest BCUT2D eigenvalue weighted by Gasteiger charge is 2.26. The lowest BCUT2D eigenvalue weighted by molar-refractivity contribution is -0.144. The first-order valence-corrected chi connectivity index (χ1v) is 6.34. The molecule has 0 saturated heterocycles. The summed E-state index contributed by atoms with van der Waals surface area (Å²) in [5.74, 6) is -1.65. The highest BCUT2D eigenvalue weighted by atomic mass is 16.5. The topological polar surface area (TPSA) is 102 Å². The summed E-state index contributed by atoms with van der Waals surface area (Å²) in [7, 11) is 0. The summed E-state index contributed by atoms with van der Waals surface area (Å²) >= 11 is 0. The van der Waals surface area contributed by atoms with Crippen LogP contribution in [-0.2, 0) is 19.1 Å². The van der Waals surface area contributed by atoms with E-state index in [4.69, 9.17) is 9.84 Å². The molecule has 0 spiro atoms. The Kier molecular flexibility index (Phi) is 6.27. The standard InChI is InChI=1S/C12H19NO6/c1-2-18-12(17)13-10(14)7-19-9-5-3-8(4-6-9)11(15)16/h8-9H,2-7H2,1H3,(H,15,16)(H,13,14,17). The molecule has 0 heterocycles. The van der Waals surface area contributed by atoms with Crippen molar-refractivity contribution in [2.24, 2.45) is 5.92 Å². The summed E-state index contributed by atoms with van der Waals surface area (Å²) in [6.45, 7) is 1.61. The van der Waals surface area contributed by atoms with Gasteiger partial charge in [-0.25, -0.2) is 4.79 Å². The third kappa shape index (κ3) is 5.69. The minimum atomic E-state index is -0.786. The van der Waals surface area contributed by atoms with Crippen LogP contribution >= 0.6 is 0 Å². The van der Waals surface area contributed by atoms with Crippen molar-refractivity contribution in [3.8, 4) is 0 Å². The van der Waals surface area contributed by atoms with Crippen LogP contribution < -0.4 is 5.32 Å². The first-order chi connectivity index (χ1) is 9.02. The van der Waals surface area contributed by atoms with Crippen LogP contribution in [0.2, 0.25) is 0 Å². The molecule has 0 aromatic rings. The summed E-state index contributed by atoms with van der Waals surface area (Å²) < 4.78 is 9.89. The van der Waals surface area contributed by atoms with Gasteiger partial charge in [-0.15, -0.1) is 0 Å². The largest absolute Gasteiger partial charge is 0.481 e. The van der Waals surface area contributed by atoms with Gasteiger partial charge in [0.1, 0.15) is 6.61 Å². The Labute approximate surface area is 111 Å². The lowest BCUT2D eigenvalue weighted by Gasteiger charge is -2.25. The monoisotopic (exact) mass is 273 g/mol. The van der Waals surface area contributed by atoms with Gasteiger partial charge in [-0.05, 0) is 32.6 Å². The third-order valence-corrected chi connectivity index (χ3v) is 2.99. The van der Waals surface area contributed by atoms with Crippen molar-refractivity contribution in [2.75, 3.05) is 13.2 Å². The molecule has 2 N–H and O–H groups in total. The number of rotatable bonds is 5. The Morgan fingerprint density at radius 3 is 2.37 bits per heavy atom. The summed E-state index contributed by atoms with van der Waals surface area (Å²) in [5.41, 5.74) is 0. The number of carbonyl (C=O) groups excluding carboxylic acids is 2. The quantitative estimate of drug-likeness (QED) is 0.772. The average molecular weight is 273 g/mol. The number of aliphatic carboxylic acids is 1. The maximum Gasteiger partial charge on any atom is 0.413 e. The molecule has 0 atom stereocenters. The summed E-state index contributed by atoms with van der Waals surface area (Å²) in [5, 5.41) is 10.9. The van der Waals surface area contributed by atoms with Crippen molar-refractivity contribution in [1.29, 1.82) is 0 Å². The number of amides is 2. The van der Waals surface area contributed by atoms with Gasteiger partial charge in [0.05, 0.1) is 18.6 Å². The fourth-order valence-electron chi connectivity index (χ4n) is 1.99. The molecule has 0 radical (unpaired) electrons. The van der Waals surface area contributed by atoms with E-state index in [-0.39, 0.29) is 25.2 Å². The molecule has 0 bridgehead atoms. The second-order valence-electron chi connectivity index (χ2n) is 4.39. The minimum absolute atomic E-state index is 0.122. The maximum atomic E-state index is 11.3. The lowest BCUT2D eigenvalue weighted by Crippen LogP contribution is -2.36. The van der Waals surface area contributed by atoms with Gasteiger partial charge in [-0.1, -0.05) is 0 Å². The zero-order valence-electron chi connectivity index (χ0n) is 10.9. The van der Waals surface area contributed by atoms with Crippen molar-refractivity contribution < 1.29 is 29.0 Å². The van der Waals surface area contributed by atoms with Crippen molar-refractivity contribution in [1.82, 2.24) is 5.32 Å². The molecule has 19 heavy (non-hydrogen) atoms. The number of carbonyl (C=O) groups is 3. The van der Waals surface area contributed by atoms with Crippen LogP contribution in [0.1, 0.15) is 32.6 Å². The molecular weight excluding hydrogens is 254 g/mol. The van der Waals surface area contributed by atoms with E-state index in [9.17, 15) is 14.4 Å². The predicted octanol–water partition coefficient (Wildman–Crippen LogP) is 0.919. The fourth-order valence-corrected chi connectivity index (χ4v) is 1.99. The van der Waals surface area contributed by atoms with E-state index in [0.29, 0.717) is 25.7 Å². The number of ether oxygens (including phenoxy) is 2. The van der Waals surface area contributed by atoms with E-state index in [1.165, 1.54) is 0 Å². The number of carboxylic acid groups (broad SMARTS) is 1. The van der Waals surface area contributed by atoms with E-state index in [2.05, 4.69) is 4.74 Å². The third-order valence-electron chi connectivity index (χ3n) is 2.99. The Morgan fingerprint density at radius 2 is 1.84 bits per heavy atom. The van der Waals surface area contributed by atoms with Crippen molar-refractivity contribution in [2.45, 2.75) is 38.7 Å². The van der Waals surface area contributed by atoms with Crippen LogP contribution in [0.25, 0.3) is 0 Å². The number of carboxylic acids is 1. The molecule has 7 heteroatoms. The first-order valence-electron chi connectivity index (χ1n) is 6.34. The zero-order chi connectivity index (χ0) is 14.3. The molecule has 1 fully saturated rings. The molecule has 1 rings (SSSR count). The van der Waals surface area contributed by atoms with Crippen LogP contribution in [0.4, 0.5) is 4.79 Å². The predicted molar refractivity (Wildman–Crippen MR) is 64.5 cm³/mol. The summed E-state index contributed by atoms with van der Waals surface area (Å²) in [6, 6.07) is 0. The molecule has 1 saturated carbocycles. The van der Waals surface area contributed by atoms with Crippen LogP contribution in [0.5, 0.6) is 0 Å². The Balaban J connectivity index is 2.18. The maximum absolute atomic E-state index is 11.3. The molecular formula is C12H19NO6. The van der Waals surface area contributed by atoms with Crippen LogP contribution in [-0.4, -0.2) is 42.4 Å². The molecule has 0 aromatic carbocycles. The lowest BCUT2D eigenvalue weighted by atomic mass is 9.87. The van der Waals surface area contributed by atoms with E-state index in [0.717, 1.165) is 0 Å². The van der Waals surface area contributed by atoms with Gasteiger partial charge < -0.3 is 14.6 Å². The van der Waals surface area contributed by atoms with Crippen LogP contribution in [0.15, 0.2) is 0 Å². The Morgan fingerprint density at radius 1 is 1.21 bits per heavy atom. The van der Waals surface area contributed by atoms with Gasteiger partial charge in [0.15, 0.2) is 0 Å². The van der Waals surface area contributed by atoms with Crippen molar-refractivity contribution >= 4 is 18.0 Å². The van der Waals surface area contributed by atoms with Crippen LogP contribution in [0, 0.1) is 5.92 Å². The number of imide groups is 1.